The lowest BCUT2D eigenvalue weighted by molar-refractivity contribution is -0.142. The number of hydrogen-bond donors (Lipinski definition) is 2. The molecule has 2 aromatic rings. The molecule has 27 heavy (non-hydrogen) atoms. The van der Waals surface area contributed by atoms with E-state index in [2.05, 4.69) is 4.28 Å². The van der Waals surface area contributed by atoms with E-state index in [-0.39, 0.29) is 6.54 Å². The zero-order chi connectivity index (χ0) is 19.5. The molecule has 2 amide bonds. The Hall–Kier alpha value is -2.54. The second kappa shape index (κ2) is 5.99. The summed E-state index contributed by atoms with van der Waals surface area (Å²) < 4.78 is 48.6. The zero-order valence-corrected chi connectivity index (χ0v) is 14.9. The van der Waals surface area contributed by atoms with Crippen molar-refractivity contribution in [3.05, 3.63) is 46.6 Å². The Morgan fingerprint density at radius 3 is 2.56 bits per heavy atom. The summed E-state index contributed by atoms with van der Waals surface area (Å²) in [5.74, 6) is -1.71. The Kier molecular flexibility index (Phi) is 3.96. The molecule has 2 aliphatic rings. The standard InChI is InChI=1S/C15H11FN2O7S2/c16-8-3-1-7(2-4-8)11-5-9-10-6-17(12(14(19)20)13(9)26-11)15(21)18(10)25-27(22,23)24/h1-5,10,12H,6H2,(H,19,20)(H,22,23,24)/t10-,12?/m1/s1. The number of nitrogens with zero attached hydrogens (tertiary/aromatic N) is 2. The molecule has 3 heterocycles. The van der Waals surface area contributed by atoms with Crippen LogP contribution in [0.15, 0.2) is 30.3 Å². The quantitative estimate of drug-likeness (QED) is 0.735. The van der Waals surface area contributed by atoms with E-state index in [0.29, 0.717) is 25.9 Å². The van der Waals surface area contributed by atoms with Crippen LogP contribution in [-0.4, -0.2) is 46.6 Å². The molecule has 9 nitrogen and oxygen atoms in total. The number of hydrogen-bond acceptors (Lipinski definition) is 6. The first-order valence-corrected chi connectivity index (χ1v) is 9.73. The number of rotatable bonds is 4. The lowest BCUT2D eigenvalue weighted by Gasteiger charge is -2.27. The van der Waals surface area contributed by atoms with Gasteiger partial charge in [0.05, 0.1) is 6.54 Å². The minimum atomic E-state index is -4.98. The summed E-state index contributed by atoms with van der Waals surface area (Å²) in [4.78, 5) is 26.1. The van der Waals surface area contributed by atoms with Gasteiger partial charge in [0.2, 0.25) is 0 Å². The molecule has 0 spiro atoms. The van der Waals surface area contributed by atoms with E-state index in [1.807, 2.05) is 0 Å². The topological polar surface area (TPSA) is 124 Å². The van der Waals surface area contributed by atoms with E-state index in [1.165, 1.54) is 24.3 Å². The molecular weight excluding hydrogens is 403 g/mol. The van der Waals surface area contributed by atoms with E-state index in [4.69, 9.17) is 4.55 Å². The van der Waals surface area contributed by atoms with Crippen LogP contribution in [-0.2, 0) is 19.5 Å². The number of hydroxylamine groups is 2. The van der Waals surface area contributed by atoms with Crippen LogP contribution in [0.2, 0.25) is 0 Å². The van der Waals surface area contributed by atoms with Gasteiger partial charge in [0.1, 0.15) is 11.9 Å². The predicted molar refractivity (Wildman–Crippen MR) is 89.4 cm³/mol. The summed E-state index contributed by atoms with van der Waals surface area (Å²) in [6.45, 7) is -0.113. The normalized spacial score (nSPS) is 21.5. The van der Waals surface area contributed by atoms with Crippen LogP contribution in [0, 0.1) is 5.82 Å². The summed E-state index contributed by atoms with van der Waals surface area (Å²) in [7, 11) is -4.98. The van der Waals surface area contributed by atoms with E-state index in [9.17, 15) is 27.5 Å². The number of thiophene rings is 1. The van der Waals surface area contributed by atoms with Gasteiger partial charge in [0.15, 0.2) is 6.04 Å². The van der Waals surface area contributed by atoms with Crippen molar-refractivity contribution in [2.75, 3.05) is 6.54 Å². The minimum absolute atomic E-state index is 0.113. The number of benzene rings is 1. The monoisotopic (exact) mass is 414 g/mol. The van der Waals surface area contributed by atoms with Crippen LogP contribution < -0.4 is 0 Å². The predicted octanol–water partition coefficient (Wildman–Crippen LogP) is 2.21. The Labute approximate surface area is 156 Å². The van der Waals surface area contributed by atoms with Crippen molar-refractivity contribution in [2.45, 2.75) is 12.1 Å². The van der Waals surface area contributed by atoms with Gasteiger partial charge in [-0.15, -0.1) is 15.6 Å². The summed E-state index contributed by atoms with van der Waals surface area (Å²) in [6, 6.07) is 3.98. The lowest BCUT2D eigenvalue weighted by Crippen LogP contribution is -2.38. The number of aliphatic carboxylic acids is 1. The van der Waals surface area contributed by atoms with Crippen molar-refractivity contribution in [1.29, 1.82) is 0 Å². The van der Waals surface area contributed by atoms with Gasteiger partial charge in [-0.1, -0.05) is 12.1 Å². The lowest BCUT2D eigenvalue weighted by atomic mass is 9.98. The summed E-state index contributed by atoms with van der Waals surface area (Å²) in [5.41, 5.74) is 1.04. The molecule has 0 radical (unpaired) electrons. The SMILES string of the molecule is O=C(O)C1c2sc(-c3ccc(F)cc3)cc2[C@H]2CN1C(=O)N2OS(=O)(=O)O. The second-order valence-electron chi connectivity index (χ2n) is 5.96. The summed E-state index contributed by atoms with van der Waals surface area (Å²) >= 11 is 1.11. The molecule has 1 saturated heterocycles. The van der Waals surface area contributed by atoms with Crippen LogP contribution >= 0.6 is 11.3 Å². The third-order valence-electron chi connectivity index (χ3n) is 4.33. The van der Waals surface area contributed by atoms with E-state index >= 15 is 0 Å². The number of carbonyl (C=O) groups is 2. The fourth-order valence-electron chi connectivity index (χ4n) is 3.26. The van der Waals surface area contributed by atoms with Crippen molar-refractivity contribution in [3.8, 4) is 10.4 Å². The maximum absolute atomic E-state index is 13.1. The van der Waals surface area contributed by atoms with Crippen molar-refractivity contribution < 1.29 is 36.3 Å². The first-order valence-electron chi connectivity index (χ1n) is 7.55. The number of fused-ring (bicyclic) bond motifs is 4. The molecule has 1 aromatic carbocycles. The van der Waals surface area contributed by atoms with Crippen LogP contribution in [0.4, 0.5) is 9.18 Å². The Morgan fingerprint density at radius 1 is 1.30 bits per heavy atom. The highest BCUT2D eigenvalue weighted by Crippen LogP contribution is 2.49. The Morgan fingerprint density at radius 2 is 1.96 bits per heavy atom. The first kappa shape index (κ1) is 17.9. The van der Waals surface area contributed by atoms with Crippen molar-refractivity contribution in [3.63, 3.8) is 0 Å². The first-order chi connectivity index (χ1) is 12.7. The summed E-state index contributed by atoms with van der Waals surface area (Å²) in [6.07, 6.45) is 0. The second-order valence-corrected chi connectivity index (χ2v) is 8.05. The van der Waals surface area contributed by atoms with E-state index < -0.39 is 40.3 Å². The van der Waals surface area contributed by atoms with Crippen molar-refractivity contribution >= 4 is 33.7 Å². The molecular formula is C15H11FN2O7S2. The van der Waals surface area contributed by atoms with E-state index in [0.717, 1.165) is 16.2 Å². The molecule has 0 saturated carbocycles. The number of amides is 2. The van der Waals surface area contributed by atoms with Gasteiger partial charge in [-0.2, -0.15) is 13.5 Å². The van der Waals surface area contributed by atoms with Gasteiger partial charge in [-0.05, 0) is 29.3 Å². The van der Waals surface area contributed by atoms with Crippen molar-refractivity contribution in [2.24, 2.45) is 0 Å². The highest BCUT2D eigenvalue weighted by Gasteiger charge is 2.53. The number of urea groups is 1. The maximum Gasteiger partial charge on any atom is 0.418 e. The number of halogens is 1. The zero-order valence-electron chi connectivity index (χ0n) is 13.3. The van der Waals surface area contributed by atoms with Gasteiger partial charge >= 0.3 is 22.4 Å². The molecule has 2 bridgehead atoms. The third kappa shape index (κ3) is 2.96. The van der Waals surface area contributed by atoms with Gasteiger partial charge < -0.3 is 10.0 Å². The molecule has 142 valence electrons. The van der Waals surface area contributed by atoms with Gasteiger partial charge in [-0.3, -0.25) is 4.55 Å². The van der Waals surface area contributed by atoms with Crippen LogP contribution in [0.3, 0.4) is 0 Å². The molecule has 4 rings (SSSR count). The highest BCUT2D eigenvalue weighted by atomic mass is 32.3. The largest absolute Gasteiger partial charge is 0.479 e. The smallest absolute Gasteiger partial charge is 0.418 e. The average Bonchev–Trinajstić information content (AvgIpc) is 3.11. The van der Waals surface area contributed by atoms with Crippen molar-refractivity contribution in [1.82, 2.24) is 9.96 Å². The van der Waals surface area contributed by atoms with Crippen LogP contribution in [0.1, 0.15) is 22.5 Å². The molecule has 2 atom stereocenters. The number of carboxylic acids is 1. The molecule has 1 aromatic heterocycles. The average molecular weight is 414 g/mol. The van der Waals surface area contributed by atoms with Gasteiger partial charge in [-0.25, -0.2) is 14.0 Å². The fourth-order valence-corrected chi connectivity index (χ4v) is 4.96. The van der Waals surface area contributed by atoms with Gasteiger partial charge in [0.25, 0.3) is 0 Å². The molecule has 2 aliphatic heterocycles. The third-order valence-corrected chi connectivity index (χ3v) is 5.94. The maximum atomic E-state index is 13.1. The van der Waals surface area contributed by atoms with Gasteiger partial charge in [0, 0.05) is 9.75 Å². The molecule has 2 N–H and O–H groups in total. The highest BCUT2D eigenvalue weighted by molar-refractivity contribution is 7.80. The number of carboxylic acid groups (broad SMARTS) is 1. The van der Waals surface area contributed by atoms with Crippen LogP contribution in [0.25, 0.3) is 10.4 Å². The Bertz CT molecular complexity index is 1050. The molecule has 12 heteroatoms. The van der Waals surface area contributed by atoms with E-state index in [1.54, 1.807) is 6.07 Å². The molecule has 1 fully saturated rings. The Balaban J connectivity index is 1.83. The molecule has 0 aliphatic carbocycles. The van der Waals surface area contributed by atoms with Crippen LogP contribution in [0.5, 0.6) is 0 Å². The fraction of sp³-hybridized carbons (Fsp3) is 0.200. The summed E-state index contributed by atoms with van der Waals surface area (Å²) in [5, 5.41) is 10.1. The molecule has 1 unspecified atom stereocenters. The minimum Gasteiger partial charge on any atom is -0.479 e. The number of carbonyl (C=O) groups excluding carboxylic acids is 1.